The molecule has 0 bridgehead atoms. The van der Waals surface area contributed by atoms with E-state index in [1.54, 1.807) is 0 Å². The predicted molar refractivity (Wildman–Crippen MR) is 55.9 cm³/mol. The monoisotopic (exact) mass is 264 g/mol. The highest BCUT2D eigenvalue weighted by Gasteiger charge is 2.34. The molecule has 7 heteroatoms. The van der Waals surface area contributed by atoms with Gasteiger partial charge in [-0.3, -0.25) is 0 Å². The van der Waals surface area contributed by atoms with Gasteiger partial charge in [0.1, 0.15) is 17.1 Å². The summed E-state index contributed by atoms with van der Waals surface area (Å²) in [6.45, 7) is 0. The average molecular weight is 264 g/mol. The topological polar surface area (TPSA) is 44.8 Å². The first kappa shape index (κ1) is 14.1. The fourth-order valence-electron chi connectivity index (χ4n) is 1.38. The molecule has 0 radical (unpaired) electrons. The van der Waals surface area contributed by atoms with Crippen LogP contribution in [0, 0.1) is 0 Å². The largest absolute Gasteiger partial charge is 0.496 e. The van der Waals surface area contributed by atoms with E-state index in [9.17, 15) is 18.0 Å². The normalized spacial score (nSPS) is 11.0. The molecule has 1 aromatic rings. The van der Waals surface area contributed by atoms with E-state index in [2.05, 4.69) is 4.74 Å². The van der Waals surface area contributed by atoms with Crippen LogP contribution < -0.4 is 9.47 Å². The van der Waals surface area contributed by atoms with Gasteiger partial charge in [0, 0.05) is 0 Å². The summed E-state index contributed by atoms with van der Waals surface area (Å²) in [5.74, 6) is -1.35. The molecular weight excluding hydrogens is 253 g/mol. The van der Waals surface area contributed by atoms with Crippen molar-refractivity contribution in [2.45, 2.75) is 6.18 Å². The maximum Gasteiger partial charge on any atom is 0.416 e. The number of esters is 1. The Hall–Kier alpha value is -1.92. The average Bonchev–Trinajstić information content (AvgIpc) is 2.34. The van der Waals surface area contributed by atoms with Gasteiger partial charge in [-0.1, -0.05) is 0 Å². The van der Waals surface area contributed by atoms with Gasteiger partial charge in [0.05, 0.1) is 26.9 Å². The molecule has 0 saturated heterocycles. The quantitative estimate of drug-likeness (QED) is 0.787. The third-order valence-corrected chi connectivity index (χ3v) is 2.22. The third kappa shape index (κ3) is 2.66. The molecule has 0 atom stereocenters. The van der Waals surface area contributed by atoms with Crippen molar-refractivity contribution in [3.63, 3.8) is 0 Å². The van der Waals surface area contributed by atoms with Crippen LogP contribution in [0.4, 0.5) is 13.2 Å². The van der Waals surface area contributed by atoms with Crippen LogP contribution in [0.1, 0.15) is 15.9 Å². The van der Waals surface area contributed by atoms with E-state index in [0.29, 0.717) is 0 Å². The van der Waals surface area contributed by atoms with Crippen LogP contribution in [0.3, 0.4) is 0 Å². The van der Waals surface area contributed by atoms with E-state index in [1.165, 1.54) is 0 Å². The van der Waals surface area contributed by atoms with Gasteiger partial charge in [0.25, 0.3) is 0 Å². The minimum Gasteiger partial charge on any atom is -0.496 e. The number of ether oxygens (including phenoxy) is 3. The van der Waals surface area contributed by atoms with Gasteiger partial charge in [0.15, 0.2) is 0 Å². The highest BCUT2D eigenvalue weighted by molar-refractivity contribution is 5.95. The molecule has 0 saturated carbocycles. The first-order valence-electron chi connectivity index (χ1n) is 4.76. The fraction of sp³-hybridized carbons (Fsp3) is 0.364. The van der Waals surface area contributed by atoms with E-state index in [-0.39, 0.29) is 17.1 Å². The molecule has 0 N–H and O–H groups in total. The van der Waals surface area contributed by atoms with Crippen LogP contribution in [0.2, 0.25) is 0 Å². The number of benzene rings is 1. The van der Waals surface area contributed by atoms with E-state index in [4.69, 9.17) is 9.47 Å². The lowest BCUT2D eigenvalue weighted by Gasteiger charge is -2.15. The summed E-state index contributed by atoms with van der Waals surface area (Å²) in [7, 11) is 3.42. The van der Waals surface area contributed by atoms with Gasteiger partial charge < -0.3 is 14.2 Å². The van der Waals surface area contributed by atoms with Crippen LogP contribution in [0.25, 0.3) is 0 Å². The summed E-state index contributed by atoms with van der Waals surface area (Å²) < 4.78 is 51.8. The third-order valence-electron chi connectivity index (χ3n) is 2.22. The zero-order valence-electron chi connectivity index (χ0n) is 9.92. The van der Waals surface area contributed by atoms with Crippen molar-refractivity contribution in [1.29, 1.82) is 0 Å². The molecule has 0 aliphatic rings. The standard InChI is InChI=1S/C11H11F3O4/c1-16-7-4-6(11(12,13)14)5-8(17-2)9(7)10(15)18-3/h4-5H,1-3H3. The number of carbonyl (C=O) groups is 1. The van der Waals surface area contributed by atoms with Gasteiger partial charge in [-0.2, -0.15) is 13.2 Å². The van der Waals surface area contributed by atoms with Crippen molar-refractivity contribution in [3.8, 4) is 11.5 Å². The van der Waals surface area contributed by atoms with Crippen LogP contribution in [-0.2, 0) is 10.9 Å². The minimum absolute atomic E-state index is 0.185. The molecule has 0 aromatic heterocycles. The van der Waals surface area contributed by atoms with Gasteiger partial charge >= 0.3 is 12.1 Å². The number of carbonyl (C=O) groups excluding carboxylic acids is 1. The van der Waals surface area contributed by atoms with Crippen molar-refractivity contribution >= 4 is 5.97 Å². The van der Waals surface area contributed by atoms with Gasteiger partial charge in [0.2, 0.25) is 0 Å². The number of halogens is 3. The summed E-state index contributed by atoms with van der Waals surface area (Å²) in [5.41, 5.74) is -1.15. The minimum atomic E-state index is -4.56. The fourth-order valence-corrected chi connectivity index (χ4v) is 1.38. The lowest BCUT2D eigenvalue weighted by molar-refractivity contribution is -0.137. The summed E-state index contributed by atoms with van der Waals surface area (Å²) in [6, 6.07) is 1.43. The highest BCUT2D eigenvalue weighted by Crippen LogP contribution is 2.38. The maximum atomic E-state index is 12.6. The zero-order chi connectivity index (χ0) is 13.9. The summed E-state index contributed by atoms with van der Waals surface area (Å²) in [6.07, 6.45) is -4.56. The van der Waals surface area contributed by atoms with Crippen molar-refractivity contribution < 1.29 is 32.2 Å². The van der Waals surface area contributed by atoms with E-state index < -0.39 is 17.7 Å². The van der Waals surface area contributed by atoms with Crippen LogP contribution in [0.5, 0.6) is 11.5 Å². The Balaban J connectivity index is 3.49. The molecule has 0 spiro atoms. The zero-order valence-corrected chi connectivity index (χ0v) is 9.92. The Morgan fingerprint density at radius 3 is 1.78 bits per heavy atom. The molecule has 0 aliphatic carbocycles. The highest BCUT2D eigenvalue weighted by atomic mass is 19.4. The first-order valence-corrected chi connectivity index (χ1v) is 4.76. The van der Waals surface area contributed by atoms with Crippen LogP contribution in [0.15, 0.2) is 12.1 Å². The SMILES string of the molecule is COC(=O)c1c(OC)cc(C(F)(F)F)cc1OC. The van der Waals surface area contributed by atoms with Crippen molar-refractivity contribution in [3.05, 3.63) is 23.3 Å². The van der Waals surface area contributed by atoms with Gasteiger partial charge in [-0.15, -0.1) is 0 Å². The van der Waals surface area contributed by atoms with Crippen LogP contribution in [-0.4, -0.2) is 27.3 Å². The molecule has 1 rings (SSSR count). The Morgan fingerprint density at radius 2 is 1.50 bits per heavy atom. The lowest BCUT2D eigenvalue weighted by Crippen LogP contribution is -2.11. The van der Waals surface area contributed by atoms with Crippen molar-refractivity contribution in [1.82, 2.24) is 0 Å². The maximum absolute atomic E-state index is 12.6. The Kier molecular flexibility index (Phi) is 4.05. The molecule has 0 amide bonds. The second-order valence-electron chi connectivity index (χ2n) is 3.25. The summed E-state index contributed by atoms with van der Waals surface area (Å²) >= 11 is 0. The first-order chi connectivity index (χ1) is 8.35. The number of alkyl halides is 3. The Morgan fingerprint density at radius 1 is 1.06 bits per heavy atom. The van der Waals surface area contributed by atoms with Crippen molar-refractivity contribution in [2.75, 3.05) is 21.3 Å². The van der Waals surface area contributed by atoms with E-state index in [1.807, 2.05) is 0 Å². The summed E-state index contributed by atoms with van der Waals surface area (Å²) in [4.78, 5) is 11.5. The second-order valence-corrected chi connectivity index (χ2v) is 3.25. The predicted octanol–water partition coefficient (Wildman–Crippen LogP) is 2.51. The Bertz CT molecular complexity index is 429. The second kappa shape index (κ2) is 5.16. The number of hydrogen-bond acceptors (Lipinski definition) is 4. The molecule has 0 fully saturated rings. The van der Waals surface area contributed by atoms with E-state index in [0.717, 1.165) is 33.5 Å². The molecule has 18 heavy (non-hydrogen) atoms. The molecule has 4 nitrogen and oxygen atoms in total. The lowest BCUT2D eigenvalue weighted by atomic mass is 10.1. The molecule has 100 valence electrons. The van der Waals surface area contributed by atoms with Gasteiger partial charge in [-0.05, 0) is 12.1 Å². The number of hydrogen-bond donors (Lipinski definition) is 0. The molecule has 0 aliphatic heterocycles. The smallest absolute Gasteiger partial charge is 0.416 e. The number of methoxy groups -OCH3 is 3. The van der Waals surface area contributed by atoms with E-state index >= 15 is 0 Å². The summed E-state index contributed by atoms with van der Waals surface area (Å²) in [5, 5.41) is 0. The Labute approximate surface area is 101 Å². The molecular formula is C11H11F3O4. The number of rotatable bonds is 3. The van der Waals surface area contributed by atoms with Crippen molar-refractivity contribution in [2.24, 2.45) is 0 Å². The molecule has 1 aromatic carbocycles. The van der Waals surface area contributed by atoms with Gasteiger partial charge in [-0.25, -0.2) is 4.79 Å². The molecule has 0 unspecified atom stereocenters. The molecule has 0 heterocycles. The van der Waals surface area contributed by atoms with Crippen LogP contribution >= 0.6 is 0 Å².